The molecule has 9 heteroatoms. The van der Waals surface area contributed by atoms with Crippen LogP contribution in [0.3, 0.4) is 0 Å². The number of nitrogens with one attached hydrogen (secondary N) is 3. The molecule has 0 radical (unpaired) electrons. The number of alkyl carbamates (subject to hydrolysis) is 1. The average molecular weight is 420 g/mol. The molecule has 1 aromatic carbocycles. The highest BCUT2D eigenvalue weighted by Gasteiger charge is 2.27. The van der Waals surface area contributed by atoms with Crippen molar-refractivity contribution in [3.8, 4) is 0 Å². The van der Waals surface area contributed by atoms with Crippen molar-refractivity contribution in [1.29, 1.82) is 0 Å². The molecule has 0 spiro atoms. The smallest absolute Gasteiger partial charge is 0.411 e. The Morgan fingerprint density at radius 3 is 2.50 bits per heavy atom. The summed E-state index contributed by atoms with van der Waals surface area (Å²) < 4.78 is 9.92. The van der Waals surface area contributed by atoms with E-state index in [4.69, 9.17) is 9.73 Å². The largest absolute Gasteiger partial charge is 0.453 e. The van der Waals surface area contributed by atoms with E-state index < -0.39 is 17.8 Å². The Balaban J connectivity index is 1.93. The molecule has 0 saturated carbocycles. The second-order valence-electron chi connectivity index (χ2n) is 8.06. The first-order valence-electron chi connectivity index (χ1n) is 10.2. The number of anilines is 1. The van der Waals surface area contributed by atoms with Gasteiger partial charge in [0.2, 0.25) is 0 Å². The van der Waals surface area contributed by atoms with E-state index in [1.165, 1.54) is 7.11 Å². The zero-order chi connectivity index (χ0) is 22.1. The third-order valence-corrected chi connectivity index (χ3v) is 4.34. The van der Waals surface area contributed by atoms with Gasteiger partial charge >= 0.3 is 12.2 Å². The van der Waals surface area contributed by atoms with Crippen LogP contribution in [0.15, 0.2) is 29.3 Å². The molecule has 2 rings (SSSR count). The molecule has 0 aromatic heterocycles. The number of benzene rings is 1. The monoisotopic (exact) mass is 419 g/mol. The maximum atomic E-state index is 12.0. The second kappa shape index (κ2) is 10.7. The Labute approximate surface area is 178 Å². The van der Waals surface area contributed by atoms with Crippen molar-refractivity contribution in [3.63, 3.8) is 0 Å². The van der Waals surface area contributed by atoms with Gasteiger partial charge in [0, 0.05) is 25.3 Å². The average Bonchev–Trinajstić information content (AvgIpc) is 3.12. The molecule has 1 aliphatic heterocycles. The van der Waals surface area contributed by atoms with E-state index in [-0.39, 0.29) is 6.04 Å². The highest BCUT2D eigenvalue weighted by Crippen LogP contribution is 2.14. The fourth-order valence-corrected chi connectivity index (χ4v) is 3.00. The van der Waals surface area contributed by atoms with E-state index in [2.05, 4.69) is 25.6 Å². The SMILES string of the molecule is CCNC(=NCc1ccc(NC(=O)OC)cc1)N1CCC(NC(=O)OC(C)(C)C)C1. The number of hydrogen-bond donors (Lipinski definition) is 3. The van der Waals surface area contributed by atoms with Crippen LogP contribution in [0.1, 0.15) is 39.7 Å². The summed E-state index contributed by atoms with van der Waals surface area (Å²) in [5.74, 6) is 0.808. The van der Waals surface area contributed by atoms with Crippen molar-refractivity contribution < 1.29 is 19.1 Å². The van der Waals surface area contributed by atoms with Crippen LogP contribution in [0.5, 0.6) is 0 Å². The normalized spacial score (nSPS) is 16.8. The summed E-state index contributed by atoms with van der Waals surface area (Å²) in [5.41, 5.74) is 1.17. The number of methoxy groups -OCH3 is 1. The molecular weight excluding hydrogens is 386 g/mol. The third kappa shape index (κ3) is 7.81. The fraction of sp³-hybridized carbons (Fsp3) is 0.571. The molecule has 1 atom stereocenters. The highest BCUT2D eigenvalue weighted by atomic mass is 16.6. The van der Waals surface area contributed by atoms with E-state index >= 15 is 0 Å². The molecule has 2 amide bonds. The summed E-state index contributed by atoms with van der Waals surface area (Å²) in [5, 5.41) is 8.86. The molecule has 166 valence electrons. The Kier molecular flexibility index (Phi) is 8.32. The summed E-state index contributed by atoms with van der Waals surface area (Å²) >= 11 is 0. The molecule has 1 heterocycles. The Hall–Kier alpha value is -2.97. The minimum Gasteiger partial charge on any atom is -0.453 e. The Bertz CT molecular complexity index is 743. The number of rotatable bonds is 5. The summed E-state index contributed by atoms with van der Waals surface area (Å²) in [7, 11) is 1.33. The summed E-state index contributed by atoms with van der Waals surface area (Å²) in [6, 6.07) is 7.47. The van der Waals surface area contributed by atoms with Gasteiger partial charge in [-0.2, -0.15) is 0 Å². The molecule has 3 N–H and O–H groups in total. The lowest BCUT2D eigenvalue weighted by atomic mass is 10.2. The second-order valence-corrected chi connectivity index (χ2v) is 8.06. The standard InChI is InChI=1S/C21H33N5O4/c1-6-22-18(23-13-15-7-9-16(10-8-15)24-19(27)29-5)26-12-11-17(14-26)25-20(28)30-21(2,3)4/h7-10,17H,6,11-14H2,1-5H3,(H,22,23)(H,24,27)(H,25,28). The van der Waals surface area contributed by atoms with Crippen LogP contribution in [0, 0.1) is 0 Å². The molecule has 1 fully saturated rings. The van der Waals surface area contributed by atoms with Crippen molar-refractivity contribution in [1.82, 2.24) is 15.5 Å². The first-order chi connectivity index (χ1) is 14.2. The lowest BCUT2D eigenvalue weighted by Gasteiger charge is -2.23. The van der Waals surface area contributed by atoms with Gasteiger partial charge in [-0.05, 0) is 51.8 Å². The summed E-state index contributed by atoms with van der Waals surface area (Å²) in [6.45, 7) is 10.3. The quantitative estimate of drug-likeness (QED) is 0.501. The maximum absolute atomic E-state index is 12.0. The third-order valence-electron chi connectivity index (χ3n) is 4.34. The van der Waals surface area contributed by atoms with Gasteiger partial charge in [0.05, 0.1) is 19.7 Å². The van der Waals surface area contributed by atoms with Crippen LogP contribution in [0.4, 0.5) is 15.3 Å². The topological polar surface area (TPSA) is 104 Å². The zero-order valence-corrected chi connectivity index (χ0v) is 18.4. The van der Waals surface area contributed by atoms with Crippen molar-refractivity contribution in [2.75, 3.05) is 32.1 Å². The fourth-order valence-electron chi connectivity index (χ4n) is 3.00. The molecule has 0 aliphatic carbocycles. The lowest BCUT2D eigenvalue weighted by molar-refractivity contribution is 0.0507. The number of aliphatic imine (C=N–C) groups is 1. The van der Waals surface area contributed by atoms with Crippen LogP contribution < -0.4 is 16.0 Å². The van der Waals surface area contributed by atoms with Gasteiger partial charge < -0.3 is 25.0 Å². The van der Waals surface area contributed by atoms with E-state index in [1.807, 2.05) is 52.0 Å². The van der Waals surface area contributed by atoms with Gasteiger partial charge in [0.15, 0.2) is 5.96 Å². The molecule has 1 aliphatic rings. The Morgan fingerprint density at radius 1 is 1.20 bits per heavy atom. The number of amides is 2. The molecule has 9 nitrogen and oxygen atoms in total. The van der Waals surface area contributed by atoms with Crippen LogP contribution in [-0.4, -0.2) is 61.4 Å². The predicted molar refractivity (Wildman–Crippen MR) is 117 cm³/mol. The van der Waals surface area contributed by atoms with E-state index in [0.717, 1.165) is 31.0 Å². The van der Waals surface area contributed by atoms with Crippen LogP contribution in [-0.2, 0) is 16.0 Å². The van der Waals surface area contributed by atoms with Crippen molar-refractivity contribution in [2.45, 2.75) is 52.3 Å². The zero-order valence-electron chi connectivity index (χ0n) is 18.4. The highest BCUT2D eigenvalue weighted by molar-refractivity contribution is 5.84. The number of guanidine groups is 1. The van der Waals surface area contributed by atoms with Gasteiger partial charge in [-0.3, -0.25) is 5.32 Å². The maximum Gasteiger partial charge on any atom is 0.411 e. The van der Waals surface area contributed by atoms with Gasteiger partial charge in [-0.15, -0.1) is 0 Å². The number of carbonyl (C=O) groups is 2. The van der Waals surface area contributed by atoms with Gasteiger partial charge in [0.25, 0.3) is 0 Å². The lowest BCUT2D eigenvalue weighted by Crippen LogP contribution is -2.44. The van der Waals surface area contributed by atoms with Crippen molar-refractivity contribution >= 4 is 23.8 Å². The van der Waals surface area contributed by atoms with E-state index in [0.29, 0.717) is 18.8 Å². The summed E-state index contributed by atoms with van der Waals surface area (Å²) in [6.07, 6.45) is -0.0619. The van der Waals surface area contributed by atoms with Gasteiger partial charge in [-0.1, -0.05) is 12.1 Å². The molecule has 1 aromatic rings. The summed E-state index contributed by atoms with van der Waals surface area (Å²) in [4.78, 5) is 30.1. The first-order valence-corrected chi connectivity index (χ1v) is 10.2. The molecule has 30 heavy (non-hydrogen) atoms. The molecule has 0 bridgehead atoms. The minimum absolute atomic E-state index is 0.0207. The molecular formula is C21H33N5O4. The number of nitrogens with zero attached hydrogens (tertiary/aromatic N) is 2. The van der Waals surface area contributed by atoms with Crippen LogP contribution >= 0.6 is 0 Å². The van der Waals surface area contributed by atoms with Crippen LogP contribution in [0.25, 0.3) is 0 Å². The van der Waals surface area contributed by atoms with Crippen LogP contribution in [0.2, 0.25) is 0 Å². The Morgan fingerprint density at radius 2 is 1.90 bits per heavy atom. The van der Waals surface area contributed by atoms with Gasteiger partial charge in [-0.25, -0.2) is 14.6 Å². The van der Waals surface area contributed by atoms with Crippen molar-refractivity contribution in [2.24, 2.45) is 4.99 Å². The first kappa shape index (κ1) is 23.3. The van der Waals surface area contributed by atoms with E-state index in [9.17, 15) is 9.59 Å². The minimum atomic E-state index is -0.513. The molecule has 1 saturated heterocycles. The number of likely N-dealkylation sites (tertiary alicyclic amines) is 1. The number of carbonyl (C=O) groups excluding carboxylic acids is 2. The molecule has 1 unspecified atom stereocenters. The van der Waals surface area contributed by atoms with E-state index in [1.54, 1.807) is 0 Å². The number of hydrogen-bond acceptors (Lipinski definition) is 5. The van der Waals surface area contributed by atoms with Crippen molar-refractivity contribution in [3.05, 3.63) is 29.8 Å². The van der Waals surface area contributed by atoms with Gasteiger partial charge in [0.1, 0.15) is 5.60 Å². The number of ether oxygens (including phenoxy) is 2. The predicted octanol–water partition coefficient (Wildman–Crippen LogP) is 2.93.